The maximum atomic E-state index is 12.6. The van der Waals surface area contributed by atoms with Gasteiger partial charge in [-0.05, 0) is 49.4 Å². The molecule has 0 fully saturated rings. The van der Waals surface area contributed by atoms with Crippen molar-refractivity contribution < 1.29 is 23.9 Å². The topological polar surface area (TPSA) is 84.9 Å². The summed E-state index contributed by atoms with van der Waals surface area (Å²) in [5.74, 6) is -0.422. The Morgan fingerprint density at radius 1 is 0.909 bits per heavy atom. The molecule has 2 rings (SSSR count). The van der Waals surface area contributed by atoms with E-state index in [1.54, 1.807) is 34.9 Å². The number of nitrogens with zero attached hydrogens (tertiary/aromatic N) is 1. The fourth-order valence-corrected chi connectivity index (χ4v) is 3.24. The number of carbonyl (C=O) groups excluding carboxylic acids is 3. The lowest BCUT2D eigenvalue weighted by Gasteiger charge is -2.25. The summed E-state index contributed by atoms with van der Waals surface area (Å²) in [6.45, 7) is 5.33. The molecule has 0 bridgehead atoms. The van der Waals surface area contributed by atoms with Crippen LogP contribution in [0.15, 0.2) is 48.5 Å². The van der Waals surface area contributed by atoms with Gasteiger partial charge in [0.1, 0.15) is 11.6 Å². The monoisotopic (exact) mass is 454 g/mol. The van der Waals surface area contributed by atoms with Gasteiger partial charge in [-0.3, -0.25) is 9.59 Å². The maximum absolute atomic E-state index is 12.6. The van der Waals surface area contributed by atoms with Crippen molar-refractivity contribution in [2.24, 2.45) is 0 Å². The van der Waals surface area contributed by atoms with Gasteiger partial charge < -0.3 is 19.7 Å². The van der Waals surface area contributed by atoms with Crippen molar-refractivity contribution in [3.8, 4) is 11.1 Å². The molecule has 0 aliphatic heterocycles. The Bertz CT molecular complexity index is 944. The normalized spacial score (nSPS) is 11.9. The Kier molecular flexibility index (Phi) is 9.02. The van der Waals surface area contributed by atoms with Gasteiger partial charge in [0.2, 0.25) is 5.91 Å². The number of benzene rings is 2. The molecule has 7 nitrogen and oxygen atoms in total. The predicted molar refractivity (Wildman–Crippen MR) is 128 cm³/mol. The third-order valence-corrected chi connectivity index (χ3v) is 4.96. The summed E-state index contributed by atoms with van der Waals surface area (Å²) in [4.78, 5) is 37.6. The van der Waals surface area contributed by atoms with E-state index in [0.29, 0.717) is 19.3 Å². The van der Waals surface area contributed by atoms with E-state index in [-0.39, 0.29) is 11.9 Å². The van der Waals surface area contributed by atoms with Crippen molar-refractivity contribution >= 4 is 18.0 Å². The van der Waals surface area contributed by atoms with Crippen LogP contribution in [0.5, 0.6) is 0 Å². The van der Waals surface area contributed by atoms with Crippen LogP contribution in [0.2, 0.25) is 0 Å². The highest BCUT2D eigenvalue weighted by Crippen LogP contribution is 2.21. The fraction of sp³-hybridized carbons (Fsp3) is 0.423. The van der Waals surface area contributed by atoms with Crippen LogP contribution in [0.3, 0.4) is 0 Å². The molecule has 1 N–H and O–H groups in total. The molecule has 7 heteroatoms. The Balaban J connectivity index is 2.07. The molecule has 0 saturated heterocycles. The third-order valence-electron chi connectivity index (χ3n) is 4.96. The largest absolute Gasteiger partial charge is 0.469 e. The number of alkyl carbamates (subject to hydrolysis) is 1. The van der Waals surface area contributed by atoms with E-state index >= 15 is 0 Å². The van der Waals surface area contributed by atoms with Crippen LogP contribution in [0.4, 0.5) is 4.79 Å². The fourth-order valence-electron chi connectivity index (χ4n) is 3.24. The van der Waals surface area contributed by atoms with Crippen LogP contribution in [-0.4, -0.2) is 55.7 Å². The number of hydrogen-bond acceptors (Lipinski definition) is 5. The number of methoxy groups -OCH3 is 1. The van der Waals surface area contributed by atoms with Crippen molar-refractivity contribution in [3.05, 3.63) is 59.7 Å². The molecule has 0 radical (unpaired) electrons. The van der Waals surface area contributed by atoms with E-state index in [0.717, 1.165) is 22.3 Å². The van der Waals surface area contributed by atoms with Crippen molar-refractivity contribution in [3.63, 3.8) is 0 Å². The molecule has 0 saturated carbocycles. The van der Waals surface area contributed by atoms with Crippen molar-refractivity contribution in [1.29, 1.82) is 0 Å². The summed E-state index contributed by atoms with van der Waals surface area (Å²) in [7, 11) is 4.70. The Morgan fingerprint density at radius 3 is 1.88 bits per heavy atom. The number of hydrogen-bond donors (Lipinski definition) is 1. The molecule has 0 spiro atoms. The van der Waals surface area contributed by atoms with Gasteiger partial charge in [0.25, 0.3) is 0 Å². The third kappa shape index (κ3) is 8.60. The van der Waals surface area contributed by atoms with Gasteiger partial charge in [-0.15, -0.1) is 0 Å². The minimum absolute atomic E-state index is 0.201. The quantitative estimate of drug-likeness (QED) is 0.610. The minimum Gasteiger partial charge on any atom is -0.469 e. The molecular formula is C26H34N2O5. The van der Waals surface area contributed by atoms with Gasteiger partial charge in [0, 0.05) is 26.9 Å². The van der Waals surface area contributed by atoms with Gasteiger partial charge in [-0.1, -0.05) is 48.5 Å². The lowest BCUT2D eigenvalue weighted by Crippen LogP contribution is -2.48. The zero-order valence-corrected chi connectivity index (χ0v) is 20.3. The van der Waals surface area contributed by atoms with Crippen LogP contribution in [0.25, 0.3) is 11.1 Å². The number of likely N-dealkylation sites (N-methyl/N-ethyl adjacent to an activating group) is 1. The van der Waals surface area contributed by atoms with Gasteiger partial charge in [0.05, 0.1) is 7.11 Å². The van der Waals surface area contributed by atoms with E-state index in [4.69, 9.17) is 4.74 Å². The van der Waals surface area contributed by atoms with E-state index < -0.39 is 17.7 Å². The summed E-state index contributed by atoms with van der Waals surface area (Å²) in [5.41, 5.74) is 3.43. The highest BCUT2D eigenvalue weighted by molar-refractivity contribution is 5.85. The second-order valence-corrected chi connectivity index (χ2v) is 9.11. The lowest BCUT2D eigenvalue weighted by molar-refractivity contribution is -0.140. The number of rotatable bonds is 8. The predicted octanol–water partition coefficient (Wildman–Crippen LogP) is 3.98. The summed E-state index contributed by atoms with van der Waals surface area (Å²) >= 11 is 0. The molecule has 178 valence electrons. The number of nitrogens with one attached hydrogen (secondary N) is 1. The second kappa shape index (κ2) is 11.5. The molecule has 1 atom stereocenters. The average Bonchev–Trinajstić information content (AvgIpc) is 2.76. The number of carbonyl (C=O) groups is 3. The summed E-state index contributed by atoms with van der Waals surface area (Å²) in [5, 5.41) is 2.69. The smallest absolute Gasteiger partial charge is 0.408 e. The lowest BCUT2D eigenvalue weighted by atomic mass is 9.99. The highest BCUT2D eigenvalue weighted by atomic mass is 16.6. The van der Waals surface area contributed by atoms with E-state index in [2.05, 4.69) is 10.1 Å². The first-order valence-corrected chi connectivity index (χ1v) is 10.9. The number of esters is 1. The van der Waals surface area contributed by atoms with Crippen molar-refractivity contribution in [2.75, 3.05) is 21.2 Å². The van der Waals surface area contributed by atoms with E-state index in [1.165, 1.54) is 12.0 Å². The molecule has 0 heterocycles. The zero-order valence-electron chi connectivity index (χ0n) is 20.3. The molecule has 0 aromatic heterocycles. The van der Waals surface area contributed by atoms with Gasteiger partial charge in [-0.2, -0.15) is 0 Å². The van der Waals surface area contributed by atoms with Crippen LogP contribution < -0.4 is 5.32 Å². The molecule has 33 heavy (non-hydrogen) atoms. The molecule has 2 aromatic rings. The summed E-state index contributed by atoms with van der Waals surface area (Å²) in [6, 6.07) is 15.2. The van der Waals surface area contributed by atoms with Crippen LogP contribution in [0.1, 0.15) is 38.3 Å². The van der Waals surface area contributed by atoms with Crippen molar-refractivity contribution in [2.45, 2.75) is 51.7 Å². The Labute approximate surface area is 196 Å². The Morgan fingerprint density at radius 2 is 1.42 bits per heavy atom. The first-order chi connectivity index (χ1) is 15.5. The first-order valence-electron chi connectivity index (χ1n) is 10.9. The molecule has 0 aliphatic rings. The Hall–Kier alpha value is -3.35. The van der Waals surface area contributed by atoms with Gasteiger partial charge in [-0.25, -0.2) is 4.79 Å². The molecule has 1 unspecified atom stereocenters. The zero-order chi connectivity index (χ0) is 24.6. The first kappa shape index (κ1) is 25.9. The highest BCUT2D eigenvalue weighted by Gasteiger charge is 2.25. The SMILES string of the molecule is COC(=O)CCc1ccc(-c2ccc(CC(NC(=O)OC(C)(C)C)C(=O)N(C)C)cc2)cc1. The standard InChI is InChI=1S/C26H34N2O5/c1-26(2,3)33-25(31)27-22(24(30)28(4)5)17-19-9-14-21(15-10-19)20-12-7-18(8-13-20)11-16-23(29)32-6/h7-10,12-15,22H,11,16-17H2,1-6H3,(H,27,31). The second-order valence-electron chi connectivity index (χ2n) is 9.11. The van der Waals surface area contributed by atoms with Crippen LogP contribution in [0, 0.1) is 0 Å². The number of aryl methyl sites for hydroxylation is 1. The van der Waals surface area contributed by atoms with Gasteiger partial charge in [0.15, 0.2) is 0 Å². The molecule has 2 aromatic carbocycles. The van der Waals surface area contributed by atoms with Crippen molar-refractivity contribution in [1.82, 2.24) is 10.2 Å². The summed E-state index contributed by atoms with van der Waals surface area (Å²) in [6.07, 6.45) is 0.724. The van der Waals surface area contributed by atoms with E-state index in [1.807, 2.05) is 48.5 Å². The maximum Gasteiger partial charge on any atom is 0.408 e. The molecule has 0 aliphatic carbocycles. The number of ether oxygens (including phenoxy) is 2. The van der Waals surface area contributed by atoms with E-state index in [9.17, 15) is 14.4 Å². The van der Waals surface area contributed by atoms with Crippen LogP contribution in [-0.2, 0) is 31.9 Å². The molecular weight excluding hydrogens is 420 g/mol. The molecule has 2 amide bonds. The van der Waals surface area contributed by atoms with Crippen LogP contribution >= 0.6 is 0 Å². The average molecular weight is 455 g/mol. The van der Waals surface area contributed by atoms with Gasteiger partial charge >= 0.3 is 12.1 Å². The summed E-state index contributed by atoms with van der Waals surface area (Å²) < 4.78 is 9.99. The minimum atomic E-state index is -0.727. The number of amides is 2.